The van der Waals surface area contributed by atoms with Crippen molar-refractivity contribution in [2.75, 3.05) is 19.8 Å². The maximum Gasteiger partial charge on any atom is 0.330 e. The van der Waals surface area contributed by atoms with Gasteiger partial charge in [-0.3, -0.25) is 4.79 Å². The van der Waals surface area contributed by atoms with Gasteiger partial charge in [0.1, 0.15) is 30.8 Å². The third-order valence-electron chi connectivity index (χ3n) is 5.37. The molecule has 0 fully saturated rings. The number of benzene rings is 2. The molecule has 0 bridgehead atoms. The van der Waals surface area contributed by atoms with Crippen molar-refractivity contribution < 1.29 is 28.9 Å². The van der Waals surface area contributed by atoms with E-state index in [9.17, 15) is 14.7 Å². The molecule has 2 aromatic carbocycles. The van der Waals surface area contributed by atoms with Crippen LogP contribution in [0.2, 0.25) is 0 Å². The summed E-state index contributed by atoms with van der Waals surface area (Å²) in [4.78, 5) is 23.0. The molecule has 6 heteroatoms. The molecule has 1 N–H and O–H groups in total. The first-order chi connectivity index (χ1) is 16.1. The molecule has 0 heterocycles. The largest absolute Gasteiger partial charge is 0.493 e. The number of aliphatic hydroxyl groups excluding tert-OH is 1. The maximum absolute atomic E-state index is 11.7. The number of carbonyl (C=O) groups is 2. The lowest BCUT2D eigenvalue weighted by atomic mass is 9.78. The van der Waals surface area contributed by atoms with Crippen LogP contribution < -0.4 is 9.47 Å². The topological polar surface area (TPSA) is 82.1 Å². The van der Waals surface area contributed by atoms with Gasteiger partial charge in [0, 0.05) is 17.9 Å². The number of carbonyl (C=O) groups excluding carboxylic acids is 2. The average molecular weight is 467 g/mol. The number of esters is 1. The fraction of sp³-hybridized carbons (Fsp3) is 0.357. The van der Waals surface area contributed by atoms with E-state index >= 15 is 0 Å². The number of hydrogen-bond donors (Lipinski definition) is 1. The standard InChI is InChI=1S/C28H34O6/c1-6-8-27(31)34-19-23(29)18-33-24-13-11-21(12-14-24)28(4,5)22-9-7-10-25(17-22)32-16-15-26(30)20(2)3/h6-14,17,23,29H,2,15-16,18-19H2,1,3-5H3. The number of ether oxygens (including phenoxy) is 3. The molecule has 34 heavy (non-hydrogen) atoms. The lowest BCUT2D eigenvalue weighted by Gasteiger charge is -2.27. The molecule has 0 aliphatic rings. The molecule has 0 aliphatic carbocycles. The number of rotatable bonds is 13. The van der Waals surface area contributed by atoms with E-state index < -0.39 is 12.1 Å². The second-order valence-corrected chi connectivity index (χ2v) is 8.57. The van der Waals surface area contributed by atoms with Gasteiger partial charge in [-0.1, -0.05) is 50.8 Å². The molecular weight excluding hydrogens is 432 g/mol. The van der Waals surface area contributed by atoms with E-state index in [0.29, 0.717) is 30.1 Å². The second-order valence-electron chi connectivity index (χ2n) is 8.57. The fourth-order valence-corrected chi connectivity index (χ4v) is 3.19. The monoisotopic (exact) mass is 466 g/mol. The minimum atomic E-state index is -0.918. The van der Waals surface area contributed by atoms with E-state index in [4.69, 9.17) is 14.2 Å². The minimum Gasteiger partial charge on any atom is -0.493 e. The SMILES string of the molecule is C=C(C)C(=O)CCOc1cccc(C(C)(C)c2ccc(OCC(O)COC(=O)C=CC)cc2)c1. The predicted molar refractivity (Wildman–Crippen MR) is 132 cm³/mol. The molecule has 0 aliphatic heterocycles. The van der Waals surface area contributed by atoms with Crippen LogP contribution in [0.15, 0.2) is 72.8 Å². The molecule has 6 nitrogen and oxygen atoms in total. The van der Waals surface area contributed by atoms with Gasteiger partial charge in [0.25, 0.3) is 0 Å². The molecule has 0 radical (unpaired) electrons. The van der Waals surface area contributed by atoms with Crippen LogP contribution in [0.1, 0.15) is 45.2 Å². The van der Waals surface area contributed by atoms with Crippen molar-refractivity contribution in [3.8, 4) is 11.5 Å². The van der Waals surface area contributed by atoms with Crippen LogP contribution in [-0.2, 0) is 19.7 Å². The summed E-state index contributed by atoms with van der Waals surface area (Å²) < 4.78 is 16.3. The molecule has 0 aromatic heterocycles. The number of hydrogen-bond acceptors (Lipinski definition) is 6. The van der Waals surface area contributed by atoms with Crippen LogP contribution in [-0.4, -0.2) is 42.8 Å². The lowest BCUT2D eigenvalue weighted by Crippen LogP contribution is -2.24. The molecule has 2 rings (SSSR count). The molecule has 0 amide bonds. The Balaban J connectivity index is 1.95. The van der Waals surface area contributed by atoms with Crippen LogP contribution in [0.5, 0.6) is 11.5 Å². The summed E-state index contributed by atoms with van der Waals surface area (Å²) in [6.07, 6.45) is 2.25. The smallest absolute Gasteiger partial charge is 0.330 e. The van der Waals surface area contributed by atoms with Gasteiger partial charge in [-0.05, 0) is 54.8 Å². The quantitative estimate of drug-likeness (QED) is 0.338. The fourth-order valence-electron chi connectivity index (χ4n) is 3.19. The molecule has 1 atom stereocenters. The normalized spacial score (nSPS) is 12.3. The Morgan fingerprint density at radius 3 is 2.38 bits per heavy atom. The first kappa shape index (κ1) is 26.9. The Morgan fingerprint density at radius 2 is 1.74 bits per heavy atom. The van der Waals surface area contributed by atoms with E-state index in [1.807, 2.05) is 48.5 Å². The van der Waals surface area contributed by atoms with Crippen molar-refractivity contribution in [2.45, 2.75) is 45.6 Å². The Bertz CT molecular complexity index is 1000. The summed E-state index contributed by atoms with van der Waals surface area (Å²) >= 11 is 0. The number of allylic oxidation sites excluding steroid dienone is 2. The van der Waals surface area contributed by atoms with Gasteiger partial charge in [-0.25, -0.2) is 4.79 Å². The predicted octanol–water partition coefficient (Wildman–Crippen LogP) is 4.79. The summed E-state index contributed by atoms with van der Waals surface area (Å²) in [5.41, 5.74) is 2.39. The van der Waals surface area contributed by atoms with Gasteiger partial charge >= 0.3 is 5.97 Å². The van der Waals surface area contributed by atoms with E-state index in [0.717, 1.165) is 11.1 Å². The second kappa shape index (κ2) is 12.8. The Morgan fingerprint density at radius 1 is 1.03 bits per heavy atom. The van der Waals surface area contributed by atoms with Gasteiger partial charge in [0.15, 0.2) is 5.78 Å². The zero-order valence-corrected chi connectivity index (χ0v) is 20.4. The van der Waals surface area contributed by atoms with Gasteiger partial charge in [-0.15, -0.1) is 0 Å². The number of aliphatic hydroxyl groups is 1. The Labute approximate surface area is 201 Å². The minimum absolute atomic E-state index is 0.000902. The molecule has 0 spiro atoms. The third-order valence-corrected chi connectivity index (χ3v) is 5.37. The highest BCUT2D eigenvalue weighted by atomic mass is 16.5. The van der Waals surface area contributed by atoms with Crippen LogP contribution in [0.3, 0.4) is 0 Å². The van der Waals surface area contributed by atoms with Crippen LogP contribution in [0, 0.1) is 0 Å². The van der Waals surface area contributed by atoms with E-state index in [-0.39, 0.29) is 24.4 Å². The Hall–Kier alpha value is -3.38. The van der Waals surface area contributed by atoms with Crippen molar-refractivity contribution in [1.82, 2.24) is 0 Å². The van der Waals surface area contributed by atoms with Crippen molar-refractivity contribution in [2.24, 2.45) is 0 Å². The maximum atomic E-state index is 11.7. The van der Waals surface area contributed by atoms with Gasteiger partial charge in [0.05, 0.1) is 6.61 Å². The molecule has 0 saturated heterocycles. The lowest BCUT2D eigenvalue weighted by molar-refractivity contribution is -0.141. The van der Waals surface area contributed by atoms with Crippen LogP contribution in [0.4, 0.5) is 0 Å². The number of ketones is 1. The zero-order chi connectivity index (χ0) is 25.1. The third kappa shape index (κ3) is 8.19. The van der Waals surface area contributed by atoms with Crippen LogP contribution >= 0.6 is 0 Å². The van der Waals surface area contributed by atoms with Crippen molar-refractivity contribution in [3.63, 3.8) is 0 Å². The van der Waals surface area contributed by atoms with Crippen LogP contribution in [0.25, 0.3) is 0 Å². The molecular formula is C28H34O6. The molecule has 2 aromatic rings. The van der Waals surface area contributed by atoms with Crippen molar-refractivity contribution >= 4 is 11.8 Å². The van der Waals surface area contributed by atoms with Crippen molar-refractivity contribution in [3.05, 3.63) is 84.0 Å². The first-order valence-corrected chi connectivity index (χ1v) is 11.3. The number of Topliss-reactive ketones (excluding diaryl/α,β-unsaturated/α-hetero) is 1. The summed E-state index contributed by atoms with van der Waals surface area (Å²) in [6, 6.07) is 15.5. The molecule has 182 valence electrons. The highest BCUT2D eigenvalue weighted by Gasteiger charge is 2.23. The summed E-state index contributed by atoms with van der Waals surface area (Å²) in [5.74, 6) is 0.825. The van der Waals surface area contributed by atoms with E-state index in [1.165, 1.54) is 6.08 Å². The van der Waals surface area contributed by atoms with Gasteiger partial charge < -0.3 is 19.3 Å². The average Bonchev–Trinajstić information content (AvgIpc) is 2.82. The molecule has 0 saturated carbocycles. The zero-order valence-electron chi connectivity index (χ0n) is 20.4. The summed E-state index contributed by atoms with van der Waals surface area (Å²) in [6.45, 7) is 11.5. The van der Waals surface area contributed by atoms with E-state index in [2.05, 4.69) is 20.4 Å². The van der Waals surface area contributed by atoms with Crippen molar-refractivity contribution in [1.29, 1.82) is 0 Å². The highest BCUT2D eigenvalue weighted by Crippen LogP contribution is 2.34. The summed E-state index contributed by atoms with van der Waals surface area (Å²) in [5, 5.41) is 9.94. The Kier molecular flexibility index (Phi) is 10.1. The summed E-state index contributed by atoms with van der Waals surface area (Å²) in [7, 11) is 0. The van der Waals surface area contributed by atoms with Gasteiger partial charge in [0.2, 0.25) is 0 Å². The first-order valence-electron chi connectivity index (χ1n) is 11.3. The van der Waals surface area contributed by atoms with E-state index in [1.54, 1.807) is 19.9 Å². The highest BCUT2D eigenvalue weighted by molar-refractivity contribution is 5.94. The molecule has 1 unspecified atom stereocenters. The van der Waals surface area contributed by atoms with Gasteiger partial charge in [-0.2, -0.15) is 0 Å².